The average Bonchev–Trinajstić information content (AvgIpc) is 2.28. The van der Waals surface area contributed by atoms with Crippen molar-refractivity contribution in [1.82, 2.24) is 15.1 Å². The number of aromatic nitrogens is 2. The van der Waals surface area contributed by atoms with E-state index in [1.807, 2.05) is 0 Å². The molecule has 1 aromatic heterocycles. The van der Waals surface area contributed by atoms with Crippen LogP contribution in [-0.4, -0.2) is 45.2 Å². The molecule has 1 N–H and O–H groups in total. The van der Waals surface area contributed by atoms with Crippen molar-refractivity contribution in [3.63, 3.8) is 0 Å². The van der Waals surface area contributed by atoms with Gasteiger partial charge in [-0.3, -0.25) is 9.59 Å². The Bertz CT molecular complexity index is 392. The fourth-order valence-corrected chi connectivity index (χ4v) is 1.14. The minimum atomic E-state index is -1.07. The van der Waals surface area contributed by atoms with Gasteiger partial charge in [0.15, 0.2) is 0 Å². The predicted molar refractivity (Wildman–Crippen MR) is 55.8 cm³/mol. The van der Waals surface area contributed by atoms with Gasteiger partial charge in [0.2, 0.25) is 0 Å². The monoisotopic (exact) mass is 221 g/mol. The van der Waals surface area contributed by atoms with Gasteiger partial charge < -0.3 is 10.0 Å². The number of hydrogen-bond acceptors (Lipinski definition) is 4. The first kappa shape index (κ1) is 11.8. The quantitative estimate of drug-likeness (QED) is 0.717. The Morgan fingerprint density at radius 1 is 1.50 bits per heavy atom. The first-order valence-corrected chi connectivity index (χ1v) is 4.54. The summed E-state index contributed by atoms with van der Waals surface area (Å²) in [6.45, 7) is 3.28. The zero-order chi connectivity index (χ0) is 12.0. The molecule has 0 saturated heterocycles. The number of hydrogen-bond donors (Lipinski definition) is 1. The summed E-state index contributed by atoms with van der Waals surface area (Å²) in [6, 6.07) is 1.48. The molecule has 1 aromatic rings. The van der Waals surface area contributed by atoms with Gasteiger partial charge in [-0.05, 0) is 6.07 Å². The first-order chi connectivity index (χ1) is 7.65. The van der Waals surface area contributed by atoms with E-state index in [1.54, 1.807) is 0 Å². The van der Waals surface area contributed by atoms with E-state index in [2.05, 4.69) is 16.8 Å². The maximum absolute atomic E-state index is 11.8. The van der Waals surface area contributed by atoms with Crippen molar-refractivity contribution in [2.24, 2.45) is 0 Å². The van der Waals surface area contributed by atoms with E-state index in [1.165, 1.54) is 24.5 Å². The van der Waals surface area contributed by atoms with Crippen LogP contribution in [0.2, 0.25) is 0 Å². The average molecular weight is 221 g/mol. The molecule has 0 atom stereocenters. The Morgan fingerprint density at radius 2 is 2.25 bits per heavy atom. The second-order valence-corrected chi connectivity index (χ2v) is 3.00. The molecular formula is C10H11N3O3. The highest BCUT2D eigenvalue weighted by atomic mass is 16.4. The molecule has 0 bridgehead atoms. The van der Waals surface area contributed by atoms with E-state index in [-0.39, 0.29) is 13.1 Å². The van der Waals surface area contributed by atoms with Gasteiger partial charge in [0.05, 0.1) is 18.0 Å². The van der Waals surface area contributed by atoms with Crippen molar-refractivity contribution in [3.8, 4) is 0 Å². The Kier molecular flexibility index (Phi) is 4.14. The maximum atomic E-state index is 11.8. The number of nitrogens with zero attached hydrogens (tertiary/aromatic N) is 3. The summed E-state index contributed by atoms with van der Waals surface area (Å²) in [6.07, 6.45) is 4.13. The van der Waals surface area contributed by atoms with E-state index < -0.39 is 11.9 Å². The summed E-state index contributed by atoms with van der Waals surface area (Å²) in [4.78, 5) is 23.5. The molecule has 6 nitrogen and oxygen atoms in total. The van der Waals surface area contributed by atoms with Crippen LogP contribution < -0.4 is 0 Å². The van der Waals surface area contributed by atoms with Crippen molar-refractivity contribution in [2.45, 2.75) is 0 Å². The molecule has 0 spiro atoms. The number of aliphatic carboxylic acids is 1. The van der Waals surface area contributed by atoms with Crippen LogP contribution in [0.5, 0.6) is 0 Å². The summed E-state index contributed by atoms with van der Waals surface area (Å²) in [7, 11) is 0. The lowest BCUT2D eigenvalue weighted by molar-refractivity contribution is -0.137. The molecule has 0 saturated carbocycles. The smallest absolute Gasteiger partial charge is 0.323 e. The number of carbonyl (C=O) groups excluding carboxylic acids is 1. The Labute approximate surface area is 92.2 Å². The fourth-order valence-electron chi connectivity index (χ4n) is 1.14. The molecule has 6 heteroatoms. The molecule has 0 aliphatic heterocycles. The second-order valence-electron chi connectivity index (χ2n) is 3.00. The lowest BCUT2D eigenvalue weighted by atomic mass is 10.2. The van der Waals surface area contributed by atoms with Crippen LogP contribution in [-0.2, 0) is 4.79 Å². The van der Waals surface area contributed by atoms with E-state index in [0.717, 1.165) is 4.90 Å². The van der Waals surface area contributed by atoms with Crippen LogP contribution in [0.4, 0.5) is 0 Å². The van der Waals surface area contributed by atoms with Gasteiger partial charge >= 0.3 is 5.97 Å². The summed E-state index contributed by atoms with van der Waals surface area (Å²) in [5.74, 6) is -1.48. The van der Waals surface area contributed by atoms with E-state index in [9.17, 15) is 9.59 Å². The van der Waals surface area contributed by atoms with Crippen molar-refractivity contribution in [1.29, 1.82) is 0 Å². The van der Waals surface area contributed by atoms with Gasteiger partial charge in [-0.15, -0.1) is 6.58 Å². The molecule has 1 amide bonds. The third-order valence-corrected chi connectivity index (χ3v) is 1.79. The predicted octanol–water partition coefficient (Wildman–Crippen LogP) is 0.189. The van der Waals surface area contributed by atoms with Gasteiger partial charge in [-0.1, -0.05) is 6.08 Å². The molecule has 0 radical (unpaired) electrons. The van der Waals surface area contributed by atoms with Crippen LogP contribution in [0.25, 0.3) is 0 Å². The lowest BCUT2D eigenvalue weighted by Crippen LogP contribution is -2.35. The van der Waals surface area contributed by atoms with Crippen molar-refractivity contribution in [3.05, 3.63) is 36.7 Å². The topological polar surface area (TPSA) is 83.4 Å². The first-order valence-electron chi connectivity index (χ1n) is 4.54. The van der Waals surface area contributed by atoms with Gasteiger partial charge in [0, 0.05) is 6.54 Å². The molecule has 0 aliphatic carbocycles. The van der Waals surface area contributed by atoms with E-state index in [4.69, 9.17) is 5.11 Å². The van der Waals surface area contributed by atoms with Gasteiger partial charge in [-0.25, -0.2) is 0 Å². The molecule has 0 aliphatic rings. The molecule has 16 heavy (non-hydrogen) atoms. The van der Waals surface area contributed by atoms with E-state index >= 15 is 0 Å². The second kappa shape index (κ2) is 5.59. The Morgan fingerprint density at radius 3 is 2.75 bits per heavy atom. The van der Waals surface area contributed by atoms with Crippen molar-refractivity contribution >= 4 is 11.9 Å². The molecule has 0 fully saturated rings. The molecule has 1 heterocycles. The third kappa shape index (κ3) is 3.16. The highest BCUT2D eigenvalue weighted by Gasteiger charge is 2.17. The molecule has 0 unspecified atom stereocenters. The maximum Gasteiger partial charge on any atom is 0.323 e. The van der Waals surface area contributed by atoms with Crippen molar-refractivity contribution in [2.75, 3.05) is 13.1 Å². The highest BCUT2D eigenvalue weighted by Crippen LogP contribution is 2.02. The summed E-state index contributed by atoms with van der Waals surface area (Å²) in [5.41, 5.74) is 0.304. The molecule has 0 aromatic carbocycles. The number of carboxylic acid groups (broad SMARTS) is 1. The fraction of sp³-hybridized carbons (Fsp3) is 0.200. The largest absolute Gasteiger partial charge is 0.480 e. The third-order valence-electron chi connectivity index (χ3n) is 1.79. The number of rotatable bonds is 5. The Balaban J connectivity index is 2.82. The summed E-state index contributed by atoms with van der Waals surface area (Å²) in [5, 5.41) is 15.7. The lowest BCUT2D eigenvalue weighted by Gasteiger charge is -2.18. The van der Waals surface area contributed by atoms with Gasteiger partial charge in [0.25, 0.3) is 5.91 Å². The summed E-state index contributed by atoms with van der Waals surface area (Å²) >= 11 is 0. The van der Waals surface area contributed by atoms with Gasteiger partial charge in [0.1, 0.15) is 6.54 Å². The molecular weight excluding hydrogens is 210 g/mol. The number of carbonyl (C=O) groups is 2. The Hall–Kier alpha value is -2.24. The zero-order valence-electron chi connectivity index (χ0n) is 8.54. The van der Waals surface area contributed by atoms with Crippen LogP contribution in [0.3, 0.4) is 0 Å². The number of amides is 1. The molecule has 84 valence electrons. The van der Waals surface area contributed by atoms with Crippen LogP contribution in [0.15, 0.2) is 31.1 Å². The normalized spacial score (nSPS) is 9.50. The zero-order valence-corrected chi connectivity index (χ0v) is 8.54. The number of carboxylic acids is 1. The van der Waals surface area contributed by atoms with E-state index in [0.29, 0.717) is 5.56 Å². The summed E-state index contributed by atoms with van der Waals surface area (Å²) < 4.78 is 0. The van der Waals surface area contributed by atoms with Crippen LogP contribution >= 0.6 is 0 Å². The minimum Gasteiger partial charge on any atom is -0.480 e. The van der Waals surface area contributed by atoms with Crippen LogP contribution in [0, 0.1) is 0 Å². The minimum absolute atomic E-state index is 0.174. The molecule has 1 rings (SSSR count). The standard InChI is InChI=1S/C10H11N3O3/c1-2-5-13(7-9(14)15)10(16)8-3-4-11-12-6-8/h2-4,6H,1,5,7H2,(H,14,15). The van der Waals surface area contributed by atoms with Crippen LogP contribution in [0.1, 0.15) is 10.4 Å². The SMILES string of the molecule is C=CCN(CC(=O)O)C(=O)c1ccnnc1. The van der Waals surface area contributed by atoms with Gasteiger partial charge in [-0.2, -0.15) is 10.2 Å². The highest BCUT2D eigenvalue weighted by molar-refractivity contribution is 5.95. The van der Waals surface area contributed by atoms with Crippen molar-refractivity contribution < 1.29 is 14.7 Å².